The summed E-state index contributed by atoms with van der Waals surface area (Å²) in [5.74, 6) is 1.56. The van der Waals surface area contributed by atoms with E-state index in [1.165, 1.54) is 0 Å². The van der Waals surface area contributed by atoms with E-state index in [2.05, 4.69) is 45.5 Å². The smallest absolute Gasteiger partial charge is 0.273 e. The van der Waals surface area contributed by atoms with Crippen molar-refractivity contribution in [3.63, 3.8) is 0 Å². The first-order chi connectivity index (χ1) is 17.9. The van der Waals surface area contributed by atoms with Gasteiger partial charge in [0.1, 0.15) is 17.2 Å². The van der Waals surface area contributed by atoms with Crippen molar-refractivity contribution in [1.29, 1.82) is 0 Å². The number of benzene rings is 2. The van der Waals surface area contributed by atoms with Crippen LogP contribution in [0.4, 0.5) is 5.69 Å². The van der Waals surface area contributed by atoms with E-state index < -0.39 is 0 Å². The Hall–Kier alpha value is -4.46. The molecule has 0 fully saturated rings. The standard InChI is InChI=1S/C29H30N6O2/c1-5-35-28(15-19(3)34-35)29(36)31-22-7-6-8-23(16-22)37-24-12-13-25-26(32-33-27(25)17-24)14-11-21-10-9-18(2)20(4)30-21/h6-8,10-18H,5,9H2,1-4H3,(H,31,36)(H,32,33)/b14-11+. The van der Waals surface area contributed by atoms with Gasteiger partial charge in [-0.05, 0) is 75.6 Å². The molecule has 1 atom stereocenters. The minimum atomic E-state index is -0.210. The van der Waals surface area contributed by atoms with E-state index in [0.29, 0.717) is 35.3 Å². The second-order valence-electron chi connectivity index (χ2n) is 9.24. The lowest BCUT2D eigenvalue weighted by atomic mass is 9.99. The number of nitrogens with one attached hydrogen (secondary N) is 2. The second-order valence-corrected chi connectivity index (χ2v) is 9.24. The molecule has 3 heterocycles. The predicted molar refractivity (Wildman–Crippen MR) is 147 cm³/mol. The molecule has 0 aliphatic carbocycles. The molecule has 0 saturated carbocycles. The molecule has 8 nitrogen and oxygen atoms in total. The molecular weight excluding hydrogens is 464 g/mol. The minimum absolute atomic E-state index is 0.210. The Labute approximate surface area is 215 Å². The number of aliphatic imine (C=N–C) groups is 1. The van der Waals surface area contributed by atoms with Crippen LogP contribution in [0.15, 0.2) is 71.4 Å². The quantitative estimate of drug-likeness (QED) is 0.305. The van der Waals surface area contributed by atoms with Gasteiger partial charge in [-0.1, -0.05) is 19.1 Å². The van der Waals surface area contributed by atoms with Crippen molar-refractivity contribution >= 4 is 34.3 Å². The van der Waals surface area contributed by atoms with Gasteiger partial charge in [0.25, 0.3) is 5.91 Å². The first-order valence-corrected chi connectivity index (χ1v) is 12.4. The zero-order valence-electron chi connectivity index (χ0n) is 21.4. The average molecular weight is 495 g/mol. The number of carbonyl (C=O) groups is 1. The number of aromatic amines is 1. The lowest BCUT2D eigenvalue weighted by Crippen LogP contribution is -2.17. The van der Waals surface area contributed by atoms with Crippen molar-refractivity contribution in [1.82, 2.24) is 20.0 Å². The first kappa shape index (κ1) is 24.2. The highest BCUT2D eigenvalue weighted by Gasteiger charge is 2.14. The molecule has 0 saturated heterocycles. The second kappa shape index (κ2) is 10.3. The fraction of sp³-hybridized carbons (Fsp3) is 0.241. The SMILES string of the molecule is CCn1nc(C)cc1C(=O)Nc1cccc(Oc2ccc3c(/C=C/C4=CCC(C)C(C)=N4)n[nH]c3c2)c1. The van der Waals surface area contributed by atoms with Gasteiger partial charge in [-0.25, -0.2) is 0 Å². The van der Waals surface area contributed by atoms with Crippen molar-refractivity contribution < 1.29 is 9.53 Å². The van der Waals surface area contributed by atoms with Gasteiger partial charge in [0.2, 0.25) is 0 Å². The van der Waals surface area contributed by atoms with E-state index in [1.807, 2.05) is 62.4 Å². The molecule has 1 unspecified atom stereocenters. The fourth-order valence-electron chi connectivity index (χ4n) is 4.25. The van der Waals surface area contributed by atoms with Crippen molar-refractivity contribution in [2.45, 2.75) is 40.7 Å². The number of H-pyrrole nitrogens is 1. The number of aromatic nitrogens is 4. The highest BCUT2D eigenvalue weighted by molar-refractivity contribution is 6.03. The van der Waals surface area contributed by atoms with Crippen LogP contribution in [0.2, 0.25) is 0 Å². The van der Waals surface area contributed by atoms with Gasteiger partial charge >= 0.3 is 0 Å². The topological polar surface area (TPSA) is 97.2 Å². The molecule has 2 aromatic carbocycles. The molecule has 1 aliphatic heterocycles. The average Bonchev–Trinajstić information content (AvgIpc) is 3.47. The lowest BCUT2D eigenvalue weighted by Gasteiger charge is -2.14. The molecule has 0 spiro atoms. The van der Waals surface area contributed by atoms with Crippen molar-refractivity contribution in [2.75, 3.05) is 5.32 Å². The van der Waals surface area contributed by atoms with Crippen molar-refractivity contribution in [2.24, 2.45) is 10.9 Å². The highest BCUT2D eigenvalue weighted by atomic mass is 16.5. The third-order valence-corrected chi connectivity index (χ3v) is 6.44. The number of amides is 1. The van der Waals surface area contributed by atoms with Crippen LogP contribution in [0.1, 0.15) is 49.1 Å². The Morgan fingerprint density at radius 1 is 1.16 bits per heavy atom. The van der Waals surface area contributed by atoms with Crippen molar-refractivity contribution in [3.05, 3.63) is 83.5 Å². The number of allylic oxidation sites excluding steroid dienone is 2. The third-order valence-electron chi connectivity index (χ3n) is 6.44. The zero-order valence-corrected chi connectivity index (χ0v) is 21.4. The largest absolute Gasteiger partial charge is 0.457 e. The fourth-order valence-corrected chi connectivity index (χ4v) is 4.25. The number of nitrogens with zero attached hydrogens (tertiary/aromatic N) is 4. The van der Waals surface area contributed by atoms with Gasteiger partial charge in [-0.2, -0.15) is 10.2 Å². The normalized spacial score (nSPS) is 15.6. The van der Waals surface area contributed by atoms with Gasteiger partial charge in [0.05, 0.1) is 22.6 Å². The maximum atomic E-state index is 12.8. The number of hydrogen-bond donors (Lipinski definition) is 2. The summed E-state index contributed by atoms with van der Waals surface area (Å²) in [7, 11) is 0. The van der Waals surface area contributed by atoms with E-state index in [9.17, 15) is 4.79 Å². The maximum Gasteiger partial charge on any atom is 0.273 e. The Kier molecular flexibility index (Phi) is 6.72. The van der Waals surface area contributed by atoms with Gasteiger partial charge in [-0.15, -0.1) is 0 Å². The summed E-state index contributed by atoms with van der Waals surface area (Å²) in [6.45, 7) is 8.71. The monoisotopic (exact) mass is 494 g/mol. The summed E-state index contributed by atoms with van der Waals surface area (Å²) in [5.41, 5.74) is 5.81. The zero-order chi connectivity index (χ0) is 25.9. The Morgan fingerprint density at radius 2 is 2.00 bits per heavy atom. The van der Waals surface area contributed by atoms with E-state index >= 15 is 0 Å². The van der Waals surface area contributed by atoms with E-state index in [1.54, 1.807) is 16.8 Å². The number of hydrogen-bond acceptors (Lipinski definition) is 5. The number of fused-ring (bicyclic) bond motifs is 1. The summed E-state index contributed by atoms with van der Waals surface area (Å²) in [6, 6.07) is 14.9. The van der Waals surface area contributed by atoms with Crippen LogP contribution in [0.25, 0.3) is 17.0 Å². The molecule has 188 valence electrons. The van der Waals surface area contributed by atoms with E-state index in [-0.39, 0.29) is 5.91 Å². The van der Waals surface area contributed by atoms with Crippen LogP contribution < -0.4 is 10.1 Å². The molecule has 1 aliphatic rings. The molecule has 0 bridgehead atoms. The Morgan fingerprint density at radius 3 is 2.81 bits per heavy atom. The predicted octanol–water partition coefficient (Wildman–Crippen LogP) is 6.53. The molecule has 1 amide bonds. The number of carbonyl (C=O) groups excluding carboxylic acids is 1. The molecule has 37 heavy (non-hydrogen) atoms. The van der Waals surface area contributed by atoms with E-state index in [0.717, 1.165) is 40.1 Å². The van der Waals surface area contributed by atoms with Crippen LogP contribution in [0.3, 0.4) is 0 Å². The summed E-state index contributed by atoms with van der Waals surface area (Å²) < 4.78 is 7.78. The number of ether oxygens (including phenoxy) is 1. The van der Waals surface area contributed by atoms with Gasteiger partial charge < -0.3 is 10.1 Å². The summed E-state index contributed by atoms with van der Waals surface area (Å²) in [6.07, 6.45) is 7.15. The van der Waals surface area contributed by atoms with Crippen LogP contribution in [-0.2, 0) is 6.54 Å². The Balaban J connectivity index is 1.29. The molecule has 2 N–H and O–H groups in total. The molecular formula is C29H30N6O2. The van der Waals surface area contributed by atoms with Crippen LogP contribution >= 0.6 is 0 Å². The molecule has 5 rings (SSSR count). The van der Waals surface area contributed by atoms with Crippen LogP contribution in [0.5, 0.6) is 11.5 Å². The summed E-state index contributed by atoms with van der Waals surface area (Å²) in [4.78, 5) is 17.4. The van der Waals surface area contributed by atoms with E-state index in [4.69, 9.17) is 4.74 Å². The van der Waals surface area contributed by atoms with Gasteiger partial charge in [0, 0.05) is 35.5 Å². The van der Waals surface area contributed by atoms with Gasteiger partial charge in [0.15, 0.2) is 0 Å². The molecule has 4 aromatic rings. The third kappa shape index (κ3) is 5.38. The summed E-state index contributed by atoms with van der Waals surface area (Å²) >= 11 is 0. The molecule has 2 aromatic heterocycles. The summed E-state index contributed by atoms with van der Waals surface area (Å²) in [5, 5.41) is 15.8. The van der Waals surface area contributed by atoms with Crippen molar-refractivity contribution in [3.8, 4) is 11.5 Å². The number of aryl methyl sites for hydroxylation is 2. The Bertz CT molecular complexity index is 1560. The first-order valence-electron chi connectivity index (χ1n) is 12.4. The number of rotatable bonds is 7. The lowest BCUT2D eigenvalue weighted by molar-refractivity contribution is 0.101. The molecule has 0 radical (unpaired) electrons. The van der Waals surface area contributed by atoms with Crippen LogP contribution in [0, 0.1) is 12.8 Å². The highest BCUT2D eigenvalue weighted by Crippen LogP contribution is 2.29. The maximum absolute atomic E-state index is 12.8. The van der Waals surface area contributed by atoms with Gasteiger partial charge in [-0.3, -0.25) is 19.6 Å². The number of anilines is 1. The van der Waals surface area contributed by atoms with Crippen LogP contribution in [-0.4, -0.2) is 31.6 Å². The minimum Gasteiger partial charge on any atom is -0.457 e. The molecule has 8 heteroatoms.